The summed E-state index contributed by atoms with van der Waals surface area (Å²) in [5, 5.41) is 0. The third-order valence-electron chi connectivity index (χ3n) is 5.00. The summed E-state index contributed by atoms with van der Waals surface area (Å²) in [4.78, 5) is 5.00. The highest BCUT2D eigenvalue weighted by Crippen LogP contribution is 2.47. The Labute approximate surface area is 166 Å². The SMILES string of the molecule is COc1cc2c(c3c1OC(C)(C)C3)C(c1cccc(F)c1)=NC(C)(C)C2.Cl. The van der Waals surface area contributed by atoms with E-state index in [9.17, 15) is 4.39 Å². The molecule has 0 N–H and O–H groups in total. The van der Waals surface area contributed by atoms with Crippen LogP contribution >= 0.6 is 12.4 Å². The van der Waals surface area contributed by atoms with Crippen LogP contribution in [-0.4, -0.2) is 24.0 Å². The van der Waals surface area contributed by atoms with Gasteiger partial charge in [0, 0.05) is 23.1 Å². The highest BCUT2D eigenvalue weighted by atomic mass is 35.5. The van der Waals surface area contributed by atoms with Gasteiger partial charge in [-0.2, -0.15) is 0 Å². The first-order valence-electron chi connectivity index (χ1n) is 8.97. The number of methoxy groups -OCH3 is 1. The van der Waals surface area contributed by atoms with Crippen molar-refractivity contribution >= 4 is 18.1 Å². The van der Waals surface area contributed by atoms with E-state index in [1.807, 2.05) is 6.07 Å². The van der Waals surface area contributed by atoms with Crippen LogP contribution in [0.3, 0.4) is 0 Å². The minimum absolute atomic E-state index is 0. The molecule has 2 aromatic rings. The van der Waals surface area contributed by atoms with Crippen LogP contribution in [-0.2, 0) is 12.8 Å². The molecule has 0 fully saturated rings. The lowest BCUT2D eigenvalue weighted by Crippen LogP contribution is -2.30. The Kier molecular flexibility index (Phi) is 4.75. The summed E-state index contributed by atoms with van der Waals surface area (Å²) in [6.07, 6.45) is 1.59. The Hall–Kier alpha value is -2.07. The molecule has 144 valence electrons. The Morgan fingerprint density at radius 1 is 1.11 bits per heavy atom. The molecule has 0 atom stereocenters. The molecule has 0 radical (unpaired) electrons. The third kappa shape index (κ3) is 3.43. The first kappa shape index (κ1) is 19.7. The number of hydrogen-bond donors (Lipinski definition) is 0. The van der Waals surface area contributed by atoms with Gasteiger partial charge in [0.05, 0.1) is 18.4 Å². The summed E-state index contributed by atoms with van der Waals surface area (Å²) < 4.78 is 25.7. The number of halogens is 2. The van der Waals surface area contributed by atoms with Gasteiger partial charge in [0.15, 0.2) is 11.5 Å². The molecule has 0 aliphatic carbocycles. The van der Waals surface area contributed by atoms with Crippen molar-refractivity contribution in [1.82, 2.24) is 0 Å². The fourth-order valence-electron chi connectivity index (χ4n) is 4.07. The van der Waals surface area contributed by atoms with E-state index in [2.05, 4.69) is 33.8 Å². The van der Waals surface area contributed by atoms with E-state index in [1.54, 1.807) is 19.2 Å². The molecule has 3 nitrogen and oxygen atoms in total. The van der Waals surface area contributed by atoms with Crippen molar-refractivity contribution in [3.05, 3.63) is 58.4 Å². The molecular formula is C22H25ClFNO2. The maximum absolute atomic E-state index is 13.9. The maximum Gasteiger partial charge on any atom is 0.166 e. The lowest BCUT2D eigenvalue weighted by atomic mass is 9.81. The Bertz CT molecular complexity index is 934. The fraction of sp³-hybridized carbons (Fsp3) is 0.409. The summed E-state index contributed by atoms with van der Waals surface area (Å²) >= 11 is 0. The van der Waals surface area contributed by atoms with Crippen LogP contribution in [0.25, 0.3) is 0 Å². The molecule has 4 rings (SSSR count). The van der Waals surface area contributed by atoms with Crippen molar-refractivity contribution in [3.63, 3.8) is 0 Å². The molecule has 2 aliphatic rings. The largest absolute Gasteiger partial charge is 0.493 e. The van der Waals surface area contributed by atoms with Crippen molar-refractivity contribution in [2.75, 3.05) is 7.11 Å². The molecule has 27 heavy (non-hydrogen) atoms. The van der Waals surface area contributed by atoms with Gasteiger partial charge in [-0.25, -0.2) is 4.39 Å². The standard InChI is InChI=1S/C22H24FNO2.ClH/c1-21(2)11-14-10-17(25-5)20-16(12-22(3,4)26-20)18(14)19(24-21)13-7-6-8-15(23)9-13;/h6-10H,11-12H2,1-5H3;1H. The van der Waals surface area contributed by atoms with E-state index in [0.29, 0.717) is 0 Å². The molecule has 0 saturated carbocycles. The van der Waals surface area contributed by atoms with Crippen LogP contribution in [0.5, 0.6) is 11.5 Å². The van der Waals surface area contributed by atoms with Gasteiger partial charge in [-0.15, -0.1) is 12.4 Å². The average molecular weight is 390 g/mol. The highest BCUT2D eigenvalue weighted by Gasteiger charge is 2.39. The zero-order valence-electron chi connectivity index (χ0n) is 16.4. The minimum Gasteiger partial charge on any atom is -0.493 e. The number of nitrogens with zero attached hydrogens (tertiary/aromatic N) is 1. The fourth-order valence-corrected chi connectivity index (χ4v) is 4.07. The molecule has 2 aliphatic heterocycles. The van der Waals surface area contributed by atoms with E-state index in [1.165, 1.54) is 11.6 Å². The summed E-state index contributed by atoms with van der Waals surface area (Å²) in [6, 6.07) is 8.74. The summed E-state index contributed by atoms with van der Waals surface area (Å²) in [5.41, 5.74) is 4.46. The van der Waals surface area contributed by atoms with Gasteiger partial charge in [-0.1, -0.05) is 12.1 Å². The smallest absolute Gasteiger partial charge is 0.166 e. The van der Waals surface area contributed by atoms with E-state index in [4.69, 9.17) is 14.5 Å². The van der Waals surface area contributed by atoms with Gasteiger partial charge in [0.2, 0.25) is 0 Å². The Morgan fingerprint density at radius 3 is 2.52 bits per heavy atom. The van der Waals surface area contributed by atoms with Gasteiger partial charge < -0.3 is 9.47 Å². The van der Waals surface area contributed by atoms with Gasteiger partial charge in [0.1, 0.15) is 11.4 Å². The third-order valence-corrected chi connectivity index (χ3v) is 5.00. The zero-order chi connectivity index (χ0) is 18.7. The average Bonchev–Trinajstić information content (AvgIpc) is 2.87. The van der Waals surface area contributed by atoms with E-state index in [0.717, 1.165) is 46.7 Å². The van der Waals surface area contributed by atoms with Crippen LogP contribution < -0.4 is 9.47 Å². The Balaban J connectivity index is 0.00000210. The number of rotatable bonds is 2. The predicted molar refractivity (Wildman–Crippen MR) is 108 cm³/mol. The summed E-state index contributed by atoms with van der Waals surface area (Å²) in [6.45, 7) is 8.36. The molecule has 5 heteroatoms. The first-order valence-corrected chi connectivity index (χ1v) is 8.97. The molecule has 2 heterocycles. The van der Waals surface area contributed by atoms with Gasteiger partial charge in [-0.05, 0) is 57.9 Å². The van der Waals surface area contributed by atoms with E-state index < -0.39 is 0 Å². The lowest BCUT2D eigenvalue weighted by Gasteiger charge is -2.31. The van der Waals surface area contributed by atoms with Crippen LogP contribution in [0.15, 0.2) is 35.3 Å². The molecular weight excluding hydrogens is 365 g/mol. The van der Waals surface area contributed by atoms with Gasteiger partial charge >= 0.3 is 0 Å². The van der Waals surface area contributed by atoms with Crippen molar-refractivity contribution in [2.24, 2.45) is 4.99 Å². The first-order chi connectivity index (χ1) is 12.2. The van der Waals surface area contributed by atoms with Crippen LogP contribution in [0.4, 0.5) is 4.39 Å². The predicted octanol–water partition coefficient (Wildman–Crippen LogP) is 5.14. The van der Waals surface area contributed by atoms with Gasteiger partial charge in [0.25, 0.3) is 0 Å². The summed E-state index contributed by atoms with van der Waals surface area (Å²) in [5.74, 6) is 1.30. The van der Waals surface area contributed by atoms with Crippen molar-refractivity contribution < 1.29 is 13.9 Å². The van der Waals surface area contributed by atoms with Crippen molar-refractivity contribution in [1.29, 1.82) is 0 Å². The minimum atomic E-state index is -0.301. The molecule has 0 bridgehead atoms. The van der Waals surface area contributed by atoms with Crippen LogP contribution in [0.1, 0.15) is 49.9 Å². The number of fused-ring (bicyclic) bond motifs is 3. The second-order valence-corrected chi connectivity index (χ2v) is 8.42. The quantitative estimate of drug-likeness (QED) is 0.711. The molecule has 0 aromatic heterocycles. The monoisotopic (exact) mass is 389 g/mol. The molecule has 0 unspecified atom stereocenters. The van der Waals surface area contributed by atoms with Crippen molar-refractivity contribution in [2.45, 2.75) is 51.7 Å². The van der Waals surface area contributed by atoms with Crippen LogP contribution in [0, 0.1) is 5.82 Å². The highest BCUT2D eigenvalue weighted by molar-refractivity contribution is 6.16. The number of aliphatic imine (C=N–C) groups is 1. The second-order valence-electron chi connectivity index (χ2n) is 8.42. The van der Waals surface area contributed by atoms with Crippen LogP contribution in [0.2, 0.25) is 0 Å². The van der Waals surface area contributed by atoms with E-state index in [-0.39, 0.29) is 29.4 Å². The Morgan fingerprint density at radius 2 is 1.85 bits per heavy atom. The molecule has 0 saturated heterocycles. The summed E-state index contributed by atoms with van der Waals surface area (Å²) in [7, 11) is 1.67. The zero-order valence-corrected chi connectivity index (χ0v) is 17.2. The van der Waals surface area contributed by atoms with Crippen molar-refractivity contribution in [3.8, 4) is 11.5 Å². The number of hydrogen-bond acceptors (Lipinski definition) is 3. The maximum atomic E-state index is 13.9. The molecule has 0 spiro atoms. The molecule has 0 amide bonds. The number of benzene rings is 2. The van der Waals surface area contributed by atoms with E-state index >= 15 is 0 Å². The topological polar surface area (TPSA) is 30.8 Å². The second kappa shape index (κ2) is 6.52. The normalized spacial score (nSPS) is 18.5. The van der Waals surface area contributed by atoms with Gasteiger partial charge in [-0.3, -0.25) is 4.99 Å². The lowest BCUT2D eigenvalue weighted by molar-refractivity contribution is 0.134. The number of ether oxygens (including phenoxy) is 2. The molecule has 2 aromatic carbocycles.